The molecule has 0 bridgehead atoms. The molecule has 19 heavy (non-hydrogen) atoms. The Morgan fingerprint density at radius 3 is 2.63 bits per heavy atom. The van der Waals surface area contributed by atoms with Gasteiger partial charge < -0.3 is 0 Å². The van der Waals surface area contributed by atoms with Crippen LogP contribution in [0.4, 0.5) is 0 Å². The molecule has 0 radical (unpaired) electrons. The van der Waals surface area contributed by atoms with Crippen LogP contribution in [0.5, 0.6) is 0 Å². The van der Waals surface area contributed by atoms with Crippen molar-refractivity contribution in [2.45, 2.75) is 11.4 Å². The fourth-order valence-corrected chi connectivity index (χ4v) is 2.17. The number of sulfone groups is 1. The molecule has 0 atom stereocenters. The Hall–Kier alpha value is -2.31. The van der Waals surface area contributed by atoms with Gasteiger partial charge in [-0.15, -0.1) is 0 Å². The summed E-state index contributed by atoms with van der Waals surface area (Å²) < 4.78 is 24.3. The van der Waals surface area contributed by atoms with E-state index in [-0.39, 0.29) is 11.4 Å². The topological polar surface area (TPSA) is 101 Å². The highest BCUT2D eigenvalue weighted by atomic mass is 32.2. The first-order chi connectivity index (χ1) is 9.00. The molecule has 2 rings (SSSR count). The second-order valence-electron chi connectivity index (χ2n) is 3.95. The predicted molar refractivity (Wildman–Crippen MR) is 69.5 cm³/mol. The van der Waals surface area contributed by atoms with Crippen molar-refractivity contribution in [2.75, 3.05) is 6.26 Å². The lowest BCUT2D eigenvalue weighted by molar-refractivity contribution is 0.602. The molecule has 1 aromatic carbocycles. The van der Waals surface area contributed by atoms with Gasteiger partial charge in [-0.05, 0) is 35.4 Å². The fourth-order valence-electron chi connectivity index (χ4n) is 1.54. The van der Waals surface area contributed by atoms with E-state index in [4.69, 9.17) is 5.53 Å². The van der Waals surface area contributed by atoms with Crippen molar-refractivity contribution in [3.63, 3.8) is 0 Å². The molecular formula is C11H11N5O2S. The second-order valence-corrected chi connectivity index (χ2v) is 5.96. The summed E-state index contributed by atoms with van der Waals surface area (Å²) in [5.41, 5.74) is 9.75. The molecule has 7 nitrogen and oxygen atoms in total. The Bertz CT molecular complexity index is 727. The van der Waals surface area contributed by atoms with Crippen molar-refractivity contribution in [1.82, 2.24) is 9.78 Å². The zero-order valence-electron chi connectivity index (χ0n) is 10.1. The summed E-state index contributed by atoms with van der Waals surface area (Å²) in [6.45, 7) is 0.234. The number of nitrogens with zero attached hydrogens (tertiary/aromatic N) is 5. The lowest BCUT2D eigenvalue weighted by Gasteiger charge is -2.02. The van der Waals surface area contributed by atoms with E-state index in [9.17, 15) is 8.42 Å². The number of rotatable bonds is 4. The van der Waals surface area contributed by atoms with E-state index >= 15 is 0 Å². The van der Waals surface area contributed by atoms with Crippen LogP contribution in [-0.4, -0.2) is 24.5 Å². The maximum Gasteiger partial charge on any atom is 0.175 e. The van der Waals surface area contributed by atoms with Crippen molar-refractivity contribution < 1.29 is 8.42 Å². The van der Waals surface area contributed by atoms with E-state index in [0.717, 1.165) is 17.5 Å². The van der Waals surface area contributed by atoms with Crippen molar-refractivity contribution in [1.29, 1.82) is 0 Å². The molecule has 0 saturated heterocycles. The average Bonchev–Trinajstić information content (AvgIpc) is 2.84. The maximum atomic E-state index is 11.3. The first-order valence-electron chi connectivity index (χ1n) is 5.35. The maximum absolute atomic E-state index is 11.3. The van der Waals surface area contributed by atoms with Crippen LogP contribution in [0, 0.1) is 0 Å². The summed E-state index contributed by atoms with van der Waals surface area (Å²) in [6, 6.07) is 6.39. The van der Waals surface area contributed by atoms with Crippen molar-refractivity contribution in [3.8, 4) is 5.69 Å². The zero-order chi connectivity index (χ0) is 13.9. The number of hydrogen-bond acceptors (Lipinski definition) is 4. The third kappa shape index (κ3) is 3.12. The van der Waals surface area contributed by atoms with Gasteiger partial charge in [0.15, 0.2) is 9.84 Å². The van der Waals surface area contributed by atoms with E-state index in [1.165, 1.54) is 12.1 Å². The Labute approximate surface area is 110 Å². The van der Waals surface area contributed by atoms with E-state index in [2.05, 4.69) is 15.1 Å². The Morgan fingerprint density at radius 1 is 1.37 bits per heavy atom. The lowest BCUT2D eigenvalue weighted by atomic mass is 10.3. The number of benzene rings is 1. The van der Waals surface area contributed by atoms with Gasteiger partial charge in [0.2, 0.25) is 0 Å². The minimum Gasteiger partial charge on any atom is -0.241 e. The van der Waals surface area contributed by atoms with Crippen LogP contribution in [0.2, 0.25) is 0 Å². The molecule has 0 N–H and O–H groups in total. The van der Waals surface area contributed by atoms with Gasteiger partial charge in [0.25, 0.3) is 0 Å². The summed E-state index contributed by atoms with van der Waals surface area (Å²) in [5, 5.41) is 7.56. The van der Waals surface area contributed by atoms with Crippen LogP contribution in [-0.2, 0) is 16.4 Å². The summed E-state index contributed by atoms with van der Waals surface area (Å²) >= 11 is 0. The Morgan fingerprint density at radius 2 is 2.05 bits per heavy atom. The standard InChI is InChI=1S/C11H11N5O2S/c1-19(17,18)11-4-2-10(3-5-11)16-8-9(7-14-16)6-13-15-12/h2-5,7-8H,6H2,1H3. The van der Waals surface area contributed by atoms with Crippen molar-refractivity contribution in [2.24, 2.45) is 5.11 Å². The molecular weight excluding hydrogens is 266 g/mol. The summed E-state index contributed by atoms with van der Waals surface area (Å²) in [6.07, 6.45) is 4.48. The van der Waals surface area contributed by atoms with Gasteiger partial charge in [-0.25, -0.2) is 13.1 Å². The lowest BCUT2D eigenvalue weighted by Crippen LogP contribution is -1.99. The summed E-state index contributed by atoms with van der Waals surface area (Å²) in [4.78, 5) is 2.93. The molecule has 0 amide bonds. The molecule has 8 heteroatoms. The molecule has 0 saturated carbocycles. The van der Waals surface area contributed by atoms with Crippen molar-refractivity contribution in [3.05, 3.63) is 52.7 Å². The molecule has 0 aliphatic heterocycles. The van der Waals surface area contributed by atoms with Gasteiger partial charge in [0.1, 0.15) is 0 Å². The first-order valence-corrected chi connectivity index (χ1v) is 7.25. The van der Waals surface area contributed by atoms with Gasteiger partial charge in [0.05, 0.1) is 23.3 Å². The van der Waals surface area contributed by atoms with E-state index < -0.39 is 9.84 Å². The predicted octanol–water partition coefficient (Wildman–Crippen LogP) is 2.09. The highest BCUT2D eigenvalue weighted by Gasteiger charge is 2.07. The smallest absolute Gasteiger partial charge is 0.175 e. The molecule has 0 unspecified atom stereocenters. The monoisotopic (exact) mass is 277 g/mol. The van der Waals surface area contributed by atoms with E-state index in [0.29, 0.717) is 0 Å². The first kappa shape index (κ1) is 13.1. The quantitative estimate of drug-likeness (QED) is 0.485. The third-order valence-corrected chi connectivity index (χ3v) is 3.61. The van der Waals surface area contributed by atoms with Gasteiger partial charge in [-0.3, -0.25) is 0 Å². The average molecular weight is 277 g/mol. The Kier molecular flexibility index (Phi) is 3.55. The van der Waals surface area contributed by atoms with Gasteiger partial charge in [-0.2, -0.15) is 5.10 Å². The SMILES string of the molecule is CS(=O)(=O)c1ccc(-n2cc(CN=[N+]=[N-])cn2)cc1. The largest absolute Gasteiger partial charge is 0.241 e. The van der Waals surface area contributed by atoms with Gasteiger partial charge in [0, 0.05) is 17.4 Å². The summed E-state index contributed by atoms with van der Waals surface area (Å²) in [5.74, 6) is 0. The molecule has 0 spiro atoms. The minimum atomic E-state index is -3.19. The highest BCUT2D eigenvalue weighted by Crippen LogP contribution is 2.14. The number of azide groups is 1. The molecule has 0 aliphatic carbocycles. The van der Waals surface area contributed by atoms with Crippen LogP contribution >= 0.6 is 0 Å². The Balaban J connectivity index is 2.27. The van der Waals surface area contributed by atoms with Crippen molar-refractivity contribution >= 4 is 9.84 Å². The fraction of sp³-hybridized carbons (Fsp3) is 0.182. The molecule has 0 aliphatic rings. The second kappa shape index (κ2) is 5.13. The van der Waals surface area contributed by atoms with Gasteiger partial charge >= 0.3 is 0 Å². The number of aromatic nitrogens is 2. The normalized spacial score (nSPS) is 11.0. The highest BCUT2D eigenvalue weighted by molar-refractivity contribution is 7.90. The number of hydrogen-bond donors (Lipinski definition) is 0. The molecule has 1 heterocycles. The van der Waals surface area contributed by atoms with E-state index in [1.54, 1.807) is 29.2 Å². The summed E-state index contributed by atoms with van der Waals surface area (Å²) in [7, 11) is -3.19. The van der Waals surface area contributed by atoms with Crippen LogP contribution in [0.1, 0.15) is 5.56 Å². The van der Waals surface area contributed by atoms with Crippen LogP contribution in [0.25, 0.3) is 16.1 Å². The third-order valence-electron chi connectivity index (χ3n) is 2.48. The van der Waals surface area contributed by atoms with Crippen LogP contribution < -0.4 is 0 Å². The molecule has 2 aromatic rings. The van der Waals surface area contributed by atoms with Crippen LogP contribution in [0.3, 0.4) is 0 Å². The van der Waals surface area contributed by atoms with E-state index in [1.807, 2.05) is 0 Å². The van der Waals surface area contributed by atoms with Crippen LogP contribution in [0.15, 0.2) is 46.7 Å². The molecule has 98 valence electrons. The zero-order valence-corrected chi connectivity index (χ0v) is 10.9. The molecule has 0 fully saturated rings. The van der Waals surface area contributed by atoms with Gasteiger partial charge in [-0.1, -0.05) is 5.11 Å². The minimum absolute atomic E-state index is 0.234. The molecule has 1 aromatic heterocycles.